The van der Waals surface area contributed by atoms with E-state index in [4.69, 9.17) is 5.11 Å². The van der Waals surface area contributed by atoms with Gasteiger partial charge in [-0.2, -0.15) is 5.10 Å². The summed E-state index contributed by atoms with van der Waals surface area (Å²) in [6.45, 7) is 3.60. The van der Waals surface area contributed by atoms with Crippen molar-refractivity contribution in [2.45, 2.75) is 20.3 Å². The van der Waals surface area contributed by atoms with Crippen molar-refractivity contribution >= 4 is 17.6 Å². The molecule has 21 heavy (non-hydrogen) atoms. The molecule has 110 valence electrons. The molecule has 0 unspecified atom stereocenters. The Balaban J connectivity index is 2.32. The second-order valence-electron chi connectivity index (χ2n) is 4.75. The number of nitrogens with one attached hydrogen (secondary N) is 1. The first kappa shape index (κ1) is 14.8. The van der Waals surface area contributed by atoms with Crippen LogP contribution >= 0.6 is 0 Å². The zero-order valence-corrected chi connectivity index (χ0v) is 12.2. The second kappa shape index (κ2) is 5.78. The fraction of sp³-hybridized carbons (Fsp3) is 0.267. The van der Waals surface area contributed by atoms with Crippen LogP contribution in [0.2, 0.25) is 0 Å². The first-order valence-electron chi connectivity index (χ1n) is 6.60. The van der Waals surface area contributed by atoms with E-state index in [1.165, 1.54) is 6.07 Å². The summed E-state index contributed by atoms with van der Waals surface area (Å²) in [6.07, 6.45) is 2.31. The summed E-state index contributed by atoms with van der Waals surface area (Å²) in [6, 6.07) is 4.80. The highest BCUT2D eigenvalue weighted by Crippen LogP contribution is 2.20. The van der Waals surface area contributed by atoms with Gasteiger partial charge in [0.2, 0.25) is 0 Å². The SMILES string of the molecule is CCc1nn(C)cc1C(=O)Nc1cccc(C(=O)O)c1C. The van der Waals surface area contributed by atoms with E-state index >= 15 is 0 Å². The number of hydrogen-bond acceptors (Lipinski definition) is 3. The van der Waals surface area contributed by atoms with Crippen LogP contribution in [-0.4, -0.2) is 26.8 Å². The molecule has 1 aromatic heterocycles. The molecule has 0 aliphatic heterocycles. The van der Waals surface area contributed by atoms with E-state index < -0.39 is 5.97 Å². The molecule has 0 aliphatic carbocycles. The van der Waals surface area contributed by atoms with Gasteiger partial charge in [-0.1, -0.05) is 13.0 Å². The molecule has 1 aromatic carbocycles. The summed E-state index contributed by atoms with van der Waals surface area (Å²) in [7, 11) is 1.76. The number of hydrogen-bond donors (Lipinski definition) is 2. The minimum Gasteiger partial charge on any atom is -0.478 e. The normalized spacial score (nSPS) is 10.4. The van der Waals surface area contributed by atoms with Crippen LogP contribution in [0.1, 0.15) is 38.9 Å². The van der Waals surface area contributed by atoms with E-state index in [2.05, 4.69) is 10.4 Å². The zero-order chi connectivity index (χ0) is 15.6. The van der Waals surface area contributed by atoms with Gasteiger partial charge >= 0.3 is 5.97 Å². The van der Waals surface area contributed by atoms with Crippen LogP contribution in [0.4, 0.5) is 5.69 Å². The molecule has 6 heteroatoms. The fourth-order valence-corrected chi connectivity index (χ4v) is 2.18. The van der Waals surface area contributed by atoms with Crippen molar-refractivity contribution in [1.82, 2.24) is 9.78 Å². The zero-order valence-electron chi connectivity index (χ0n) is 12.2. The standard InChI is InChI=1S/C15H17N3O3/c1-4-12-11(8-18(3)17-12)14(19)16-13-7-5-6-10(9(13)2)15(20)21/h5-8H,4H2,1-3H3,(H,16,19)(H,20,21). The summed E-state index contributed by atoms with van der Waals surface area (Å²) < 4.78 is 1.59. The lowest BCUT2D eigenvalue weighted by atomic mass is 10.1. The molecule has 2 N–H and O–H groups in total. The maximum Gasteiger partial charge on any atom is 0.336 e. The first-order valence-corrected chi connectivity index (χ1v) is 6.60. The van der Waals surface area contributed by atoms with E-state index in [1.54, 1.807) is 37.0 Å². The third-order valence-corrected chi connectivity index (χ3v) is 3.30. The predicted molar refractivity (Wildman–Crippen MR) is 78.7 cm³/mol. The van der Waals surface area contributed by atoms with Gasteiger partial charge in [0.05, 0.1) is 16.8 Å². The van der Waals surface area contributed by atoms with Gasteiger partial charge in [-0.15, -0.1) is 0 Å². The average Bonchev–Trinajstić information content (AvgIpc) is 2.82. The highest BCUT2D eigenvalue weighted by atomic mass is 16.4. The molecule has 0 aliphatic rings. The van der Waals surface area contributed by atoms with Crippen molar-refractivity contribution in [3.05, 3.63) is 46.8 Å². The minimum absolute atomic E-state index is 0.176. The van der Waals surface area contributed by atoms with E-state index in [0.717, 1.165) is 0 Å². The first-order chi connectivity index (χ1) is 9.93. The molecule has 0 atom stereocenters. The van der Waals surface area contributed by atoms with Crippen molar-refractivity contribution in [3.8, 4) is 0 Å². The monoisotopic (exact) mass is 287 g/mol. The Morgan fingerprint density at radius 3 is 2.67 bits per heavy atom. The van der Waals surface area contributed by atoms with Crippen LogP contribution in [0.25, 0.3) is 0 Å². The molecule has 2 aromatic rings. The van der Waals surface area contributed by atoms with Gasteiger partial charge in [0.15, 0.2) is 0 Å². The van der Waals surface area contributed by atoms with Crippen LogP contribution in [0, 0.1) is 6.92 Å². The van der Waals surface area contributed by atoms with Gasteiger partial charge in [0.1, 0.15) is 0 Å². The Morgan fingerprint density at radius 1 is 1.33 bits per heavy atom. The van der Waals surface area contributed by atoms with Crippen molar-refractivity contribution in [1.29, 1.82) is 0 Å². The number of aromatic carboxylic acids is 1. The van der Waals surface area contributed by atoms with Crippen LogP contribution in [0.15, 0.2) is 24.4 Å². The lowest BCUT2D eigenvalue weighted by Crippen LogP contribution is -2.15. The maximum atomic E-state index is 12.3. The smallest absolute Gasteiger partial charge is 0.336 e. The Hall–Kier alpha value is -2.63. The van der Waals surface area contributed by atoms with Crippen molar-refractivity contribution in [3.63, 3.8) is 0 Å². The quantitative estimate of drug-likeness (QED) is 0.903. The number of benzene rings is 1. The Kier molecular flexibility index (Phi) is 4.07. The number of amides is 1. The molecular formula is C15H17N3O3. The largest absolute Gasteiger partial charge is 0.478 e. The molecule has 6 nitrogen and oxygen atoms in total. The van der Waals surface area contributed by atoms with E-state index in [1.807, 2.05) is 6.92 Å². The number of nitrogens with zero attached hydrogens (tertiary/aromatic N) is 2. The van der Waals surface area contributed by atoms with Crippen LogP contribution in [-0.2, 0) is 13.5 Å². The summed E-state index contributed by atoms with van der Waals surface area (Å²) in [5.41, 5.74) is 2.41. The Bertz CT molecular complexity index is 704. The van der Waals surface area contributed by atoms with Crippen LogP contribution in [0.5, 0.6) is 0 Å². The summed E-state index contributed by atoms with van der Waals surface area (Å²) >= 11 is 0. The van der Waals surface area contributed by atoms with Crippen molar-refractivity contribution < 1.29 is 14.7 Å². The Morgan fingerprint density at radius 2 is 2.05 bits per heavy atom. The van der Waals surface area contributed by atoms with Gasteiger partial charge in [0.25, 0.3) is 5.91 Å². The summed E-state index contributed by atoms with van der Waals surface area (Å²) in [5, 5.41) is 16.1. The summed E-state index contributed by atoms with van der Waals surface area (Å²) in [5.74, 6) is -1.30. The molecule has 1 amide bonds. The van der Waals surface area contributed by atoms with E-state index in [0.29, 0.717) is 28.9 Å². The number of carbonyl (C=O) groups is 2. The molecular weight excluding hydrogens is 270 g/mol. The summed E-state index contributed by atoms with van der Waals surface area (Å²) in [4.78, 5) is 23.4. The average molecular weight is 287 g/mol. The lowest BCUT2D eigenvalue weighted by Gasteiger charge is -2.10. The molecule has 0 bridgehead atoms. The molecule has 0 radical (unpaired) electrons. The molecule has 0 fully saturated rings. The number of carboxylic acid groups (broad SMARTS) is 1. The molecule has 2 rings (SSSR count). The highest BCUT2D eigenvalue weighted by Gasteiger charge is 2.17. The fourth-order valence-electron chi connectivity index (χ4n) is 2.18. The third kappa shape index (κ3) is 2.94. The van der Waals surface area contributed by atoms with E-state index in [-0.39, 0.29) is 11.5 Å². The van der Waals surface area contributed by atoms with Gasteiger partial charge in [-0.05, 0) is 31.0 Å². The number of aryl methyl sites for hydroxylation is 2. The molecule has 0 saturated carbocycles. The van der Waals surface area contributed by atoms with Gasteiger partial charge < -0.3 is 10.4 Å². The van der Waals surface area contributed by atoms with Crippen molar-refractivity contribution in [2.75, 3.05) is 5.32 Å². The molecule has 1 heterocycles. The van der Waals surface area contributed by atoms with Crippen LogP contribution in [0.3, 0.4) is 0 Å². The predicted octanol–water partition coefficient (Wildman–Crippen LogP) is 2.24. The maximum absolute atomic E-state index is 12.3. The highest BCUT2D eigenvalue weighted by molar-refractivity contribution is 6.06. The minimum atomic E-state index is -1.01. The topological polar surface area (TPSA) is 84.2 Å². The van der Waals surface area contributed by atoms with E-state index in [9.17, 15) is 9.59 Å². The number of carboxylic acids is 1. The number of carbonyl (C=O) groups excluding carboxylic acids is 1. The lowest BCUT2D eigenvalue weighted by molar-refractivity contribution is 0.0695. The molecule has 0 saturated heterocycles. The molecule has 0 spiro atoms. The number of aromatic nitrogens is 2. The van der Waals surface area contributed by atoms with Gasteiger partial charge in [-0.25, -0.2) is 4.79 Å². The Labute approximate surface area is 122 Å². The van der Waals surface area contributed by atoms with Gasteiger partial charge in [-0.3, -0.25) is 9.48 Å². The number of anilines is 1. The van der Waals surface area contributed by atoms with Crippen molar-refractivity contribution in [2.24, 2.45) is 7.05 Å². The second-order valence-corrected chi connectivity index (χ2v) is 4.75. The number of rotatable bonds is 4. The third-order valence-electron chi connectivity index (χ3n) is 3.30. The van der Waals surface area contributed by atoms with Gasteiger partial charge in [0, 0.05) is 18.9 Å². The van der Waals surface area contributed by atoms with Crippen LogP contribution < -0.4 is 5.32 Å².